The molecule has 3 rings (SSSR count). The molecule has 1 saturated heterocycles. The van der Waals surface area contributed by atoms with E-state index in [4.69, 9.17) is 4.74 Å². The van der Waals surface area contributed by atoms with Gasteiger partial charge in [0.25, 0.3) is 0 Å². The number of amides is 1. The zero-order valence-corrected chi connectivity index (χ0v) is 15.8. The minimum absolute atomic E-state index is 0.0841. The summed E-state index contributed by atoms with van der Waals surface area (Å²) >= 11 is 0. The predicted octanol–water partition coefficient (Wildman–Crippen LogP) is 2.45. The van der Waals surface area contributed by atoms with Gasteiger partial charge in [-0.1, -0.05) is 0 Å². The predicted molar refractivity (Wildman–Crippen MR) is 98.1 cm³/mol. The molecule has 1 aromatic carbocycles. The highest BCUT2D eigenvalue weighted by Gasteiger charge is 2.31. The molecule has 1 fully saturated rings. The number of hydrogen-bond acceptors (Lipinski definition) is 4. The van der Waals surface area contributed by atoms with Gasteiger partial charge in [0.1, 0.15) is 11.1 Å². The van der Waals surface area contributed by atoms with Gasteiger partial charge in [0.2, 0.25) is 0 Å². The molecule has 1 aliphatic rings. The van der Waals surface area contributed by atoms with Gasteiger partial charge in [0, 0.05) is 32.7 Å². The van der Waals surface area contributed by atoms with Gasteiger partial charge in [-0.15, -0.1) is 0 Å². The summed E-state index contributed by atoms with van der Waals surface area (Å²) in [6.07, 6.45) is -0.354. The van der Waals surface area contributed by atoms with Crippen molar-refractivity contribution in [1.82, 2.24) is 14.5 Å². The van der Waals surface area contributed by atoms with E-state index in [-0.39, 0.29) is 23.3 Å². The van der Waals surface area contributed by atoms with Crippen molar-refractivity contribution >= 4 is 22.8 Å². The number of nitrogens with zero attached hydrogens (tertiary/aromatic N) is 3. The molecular weight excluding hydrogens is 339 g/mol. The number of hydrogen-bond donors (Lipinski definition) is 1. The lowest BCUT2D eigenvalue weighted by Gasteiger charge is -2.41. The lowest BCUT2D eigenvalue weighted by atomic mass is 10.1. The number of benzene rings is 1. The fourth-order valence-electron chi connectivity index (χ4n) is 3.31. The summed E-state index contributed by atoms with van der Waals surface area (Å²) in [4.78, 5) is 30.2. The van der Waals surface area contributed by atoms with Crippen LogP contribution in [0.25, 0.3) is 11.0 Å². The molecule has 0 bridgehead atoms. The molecule has 2 heterocycles. The zero-order valence-electron chi connectivity index (χ0n) is 15.8. The molecule has 0 spiro atoms. The van der Waals surface area contributed by atoms with Crippen LogP contribution < -0.4 is 10.6 Å². The number of anilines is 1. The van der Waals surface area contributed by atoms with E-state index in [0.29, 0.717) is 30.8 Å². The van der Waals surface area contributed by atoms with E-state index >= 15 is 4.39 Å². The summed E-state index contributed by atoms with van der Waals surface area (Å²) in [6.45, 7) is 8.81. The van der Waals surface area contributed by atoms with Crippen LogP contribution in [0.4, 0.5) is 14.9 Å². The van der Waals surface area contributed by atoms with E-state index in [1.165, 1.54) is 11.6 Å². The first-order valence-corrected chi connectivity index (χ1v) is 8.70. The first-order chi connectivity index (χ1) is 12.1. The molecule has 1 atom stereocenters. The molecular formula is C18H25FN4O3. The highest BCUT2D eigenvalue weighted by atomic mass is 19.1. The largest absolute Gasteiger partial charge is 0.444 e. The summed E-state index contributed by atoms with van der Waals surface area (Å²) in [5.74, 6) is -0.430. The van der Waals surface area contributed by atoms with Crippen LogP contribution in [0.2, 0.25) is 0 Å². The van der Waals surface area contributed by atoms with Crippen molar-refractivity contribution in [2.24, 2.45) is 7.05 Å². The van der Waals surface area contributed by atoms with Gasteiger partial charge in [-0.2, -0.15) is 0 Å². The Hall–Kier alpha value is -2.51. The second-order valence-corrected chi connectivity index (χ2v) is 7.75. The maximum Gasteiger partial charge on any atom is 0.410 e. The minimum Gasteiger partial charge on any atom is -0.444 e. The van der Waals surface area contributed by atoms with Crippen LogP contribution in [-0.4, -0.2) is 51.8 Å². The maximum atomic E-state index is 15.1. The van der Waals surface area contributed by atoms with E-state index in [0.717, 1.165) is 0 Å². The van der Waals surface area contributed by atoms with Gasteiger partial charge >= 0.3 is 11.8 Å². The van der Waals surface area contributed by atoms with E-state index in [1.54, 1.807) is 17.0 Å². The Labute approximate surface area is 151 Å². The lowest BCUT2D eigenvalue weighted by Crippen LogP contribution is -2.54. The monoisotopic (exact) mass is 364 g/mol. The van der Waals surface area contributed by atoms with Crippen molar-refractivity contribution < 1.29 is 13.9 Å². The van der Waals surface area contributed by atoms with Gasteiger partial charge in [-0.25, -0.2) is 14.0 Å². The minimum atomic E-state index is -0.548. The molecule has 7 nitrogen and oxygen atoms in total. The summed E-state index contributed by atoms with van der Waals surface area (Å²) < 4.78 is 21.7. The second kappa shape index (κ2) is 6.34. The number of aromatic amines is 1. The zero-order chi connectivity index (χ0) is 19.2. The molecule has 0 radical (unpaired) electrons. The maximum absolute atomic E-state index is 15.1. The van der Waals surface area contributed by atoms with E-state index in [1.807, 2.05) is 32.6 Å². The third kappa shape index (κ3) is 3.27. The molecule has 8 heteroatoms. The fraction of sp³-hybridized carbons (Fsp3) is 0.556. The smallest absolute Gasteiger partial charge is 0.410 e. The first kappa shape index (κ1) is 18.3. The Morgan fingerprint density at radius 2 is 2.00 bits per heavy atom. The fourth-order valence-corrected chi connectivity index (χ4v) is 3.31. The number of aromatic nitrogens is 2. The third-order valence-electron chi connectivity index (χ3n) is 4.57. The number of H-pyrrole nitrogens is 1. The molecule has 1 N–H and O–H groups in total. The van der Waals surface area contributed by atoms with Crippen LogP contribution in [-0.2, 0) is 11.8 Å². The highest BCUT2D eigenvalue weighted by molar-refractivity contribution is 5.81. The number of halogens is 1. The normalized spacial score (nSPS) is 18.5. The summed E-state index contributed by atoms with van der Waals surface area (Å²) in [5, 5.41) is 0. The van der Waals surface area contributed by atoms with Crippen molar-refractivity contribution in [3.05, 3.63) is 28.4 Å². The Balaban J connectivity index is 1.83. The van der Waals surface area contributed by atoms with Gasteiger partial charge < -0.3 is 19.5 Å². The Morgan fingerprint density at radius 3 is 2.62 bits per heavy atom. The van der Waals surface area contributed by atoms with Gasteiger partial charge in [0.05, 0.1) is 11.2 Å². The van der Waals surface area contributed by atoms with Crippen LogP contribution in [0.3, 0.4) is 0 Å². The van der Waals surface area contributed by atoms with Crippen molar-refractivity contribution in [3.63, 3.8) is 0 Å². The molecule has 0 unspecified atom stereocenters. The molecule has 26 heavy (non-hydrogen) atoms. The van der Waals surface area contributed by atoms with Crippen molar-refractivity contribution in [2.75, 3.05) is 24.5 Å². The topological polar surface area (TPSA) is 70.6 Å². The SMILES string of the molecule is C[C@H]1CN(C(=O)OC(C)(C)C)CCN1c1ccc2[nH]c(=O)n(C)c2c1F. The van der Waals surface area contributed by atoms with E-state index < -0.39 is 11.4 Å². The number of piperazine rings is 1. The van der Waals surface area contributed by atoms with E-state index in [9.17, 15) is 9.59 Å². The molecule has 1 aliphatic heterocycles. The Bertz CT molecular complexity index is 896. The number of rotatable bonds is 1. The van der Waals surface area contributed by atoms with Crippen molar-refractivity contribution in [2.45, 2.75) is 39.3 Å². The van der Waals surface area contributed by atoms with Crippen LogP contribution in [0.5, 0.6) is 0 Å². The van der Waals surface area contributed by atoms with Crippen LogP contribution >= 0.6 is 0 Å². The molecule has 1 aromatic heterocycles. The number of ether oxygens (including phenoxy) is 1. The molecule has 1 amide bonds. The average Bonchev–Trinajstić information content (AvgIpc) is 2.82. The lowest BCUT2D eigenvalue weighted by molar-refractivity contribution is 0.0218. The number of carbonyl (C=O) groups is 1. The Kier molecular flexibility index (Phi) is 4.46. The molecule has 0 saturated carbocycles. The summed E-state index contributed by atoms with van der Waals surface area (Å²) in [6, 6.07) is 3.30. The average molecular weight is 364 g/mol. The quantitative estimate of drug-likeness (QED) is 0.844. The number of fused-ring (bicyclic) bond motifs is 1. The van der Waals surface area contributed by atoms with Gasteiger partial charge in [-0.3, -0.25) is 4.57 Å². The van der Waals surface area contributed by atoms with Gasteiger partial charge in [-0.05, 0) is 39.8 Å². The summed E-state index contributed by atoms with van der Waals surface area (Å²) in [7, 11) is 1.54. The number of imidazole rings is 1. The van der Waals surface area contributed by atoms with Crippen molar-refractivity contribution in [3.8, 4) is 0 Å². The van der Waals surface area contributed by atoms with Crippen LogP contribution in [0.15, 0.2) is 16.9 Å². The van der Waals surface area contributed by atoms with Crippen molar-refractivity contribution in [1.29, 1.82) is 0 Å². The second-order valence-electron chi connectivity index (χ2n) is 7.75. The highest BCUT2D eigenvalue weighted by Crippen LogP contribution is 2.29. The molecule has 2 aromatic rings. The first-order valence-electron chi connectivity index (χ1n) is 8.70. The molecule has 0 aliphatic carbocycles. The number of carbonyl (C=O) groups excluding carboxylic acids is 1. The van der Waals surface area contributed by atoms with E-state index in [2.05, 4.69) is 4.98 Å². The number of aryl methyl sites for hydroxylation is 1. The number of nitrogens with one attached hydrogen (secondary N) is 1. The van der Waals surface area contributed by atoms with Crippen LogP contribution in [0, 0.1) is 5.82 Å². The Morgan fingerprint density at radius 1 is 1.31 bits per heavy atom. The summed E-state index contributed by atoms with van der Waals surface area (Å²) in [5.41, 5.74) is 0.267. The third-order valence-corrected chi connectivity index (χ3v) is 4.57. The standard InChI is InChI=1S/C18H25FN4O3/c1-11-10-22(17(25)26-18(2,3)4)8-9-23(11)13-7-6-12-15(14(13)19)21(5)16(24)20-12/h6-7,11H,8-10H2,1-5H3,(H,20,24)/t11-/m0/s1. The van der Waals surface area contributed by atoms with Gasteiger partial charge in [0.15, 0.2) is 5.82 Å². The van der Waals surface area contributed by atoms with Crippen LogP contribution in [0.1, 0.15) is 27.7 Å². The molecule has 142 valence electrons.